The first-order valence-electron chi connectivity index (χ1n) is 9.54. The minimum Gasteiger partial charge on any atom is -0.366 e. The van der Waals surface area contributed by atoms with Gasteiger partial charge in [-0.15, -0.1) is 10.2 Å². The zero-order valence-corrected chi connectivity index (χ0v) is 16.8. The minimum atomic E-state index is -0.519. The Hall–Kier alpha value is -2.98. The van der Waals surface area contributed by atoms with E-state index in [9.17, 15) is 13.6 Å². The number of rotatable bonds is 6. The summed E-state index contributed by atoms with van der Waals surface area (Å²) in [7, 11) is 0. The van der Waals surface area contributed by atoms with E-state index in [0.717, 1.165) is 19.4 Å². The molecule has 1 aliphatic heterocycles. The van der Waals surface area contributed by atoms with E-state index in [2.05, 4.69) is 25.8 Å². The predicted molar refractivity (Wildman–Crippen MR) is 110 cm³/mol. The molecule has 30 heavy (non-hydrogen) atoms. The molecule has 3 heterocycles. The third kappa shape index (κ3) is 4.95. The molecule has 0 aliphatic carbocycles. The molecule has 0 bridgehead atoms. The zero-order chi connectivity index (χ0) is 20.9. The Morgan fingerprint density at radius 2 is 2.07 bits per heavy atom. The highest BCUT2D eigenvalue weighted by molar-refractivity contribution is 7.13. The molecule has 0 saturated carbocycles. The number of benzene rings is 1. The first-order chi connectivity index (χ1) is 14.6. The van der Waals surface area contributed by atoms with Crippen molar-refractivity contribution in [1.82, 2.24) is 20.1 Å². The average molecular weight is 430 g/mol. The molecule has 10 heteroatoms. The molecule has 1 amide bonds. The van der Waals surface area contributed by atoms with Crippen molar-refractivity contribution in [1.29, 1.82) is 0 Å². The third-order valence-electron chi connectivity index (χ3n) is 4.91. The number of pyridine rings is 1. The number of nitrogens with one attached hydrogen (secondary N) is 2. The number of amides is 1. The third-order valence-corrected chi connectivity index (χ3v) is 5.51. The molecule has 156 valence electrons. The van der Waals surface area contributed by atoms with Gasteiger partial charge in [0.25, 0.3) is 5.91 Å². The Labute approximate surface area is 176 Å². The maximum absolute atomic E-state index is 13.9. The summed E-state index contributed by atoms with van der Waals surface area (Å²) < 4.78 is 27.9. The van der Waals surface area contributed by atoms with Crippen molar-refractivity contribution >= 4 is 28.2 Å². The van der Waals surface area contributed by atoms with Gasteiger partial charge in [0.2, 0.25) is 5.13 Å². The van der Waals surface area contributed by atoms with Gasteiger partial charge in [0.1, 0.15) is 23.0 Å². The Bertz CT molecular complexity index is 979. The van der Waals surface area contributed by atoms with Crippen molar-refractivity contribution in [2.24, 2.45) is 0 Å². The van der Waals surface area contributed by atoms with E-state index in [1.54, 1.807) is 12.1 Å². The van der Waals surface area contributed by atoms with Gasteiger partial charge in [0.05, 0.1) is 5.56 Å². The van der Waals surface area contributed by atoms with Crippen LogP contribution in [0.15, 0.2) is 42.0 Å². The number of aromatic nitrogens is 3. The Morgan fingerprint density at radius 3 is 2.77 bits per heavy atom. The normalized spacial score (nSPS) is 16.9. The topological polar surface area (TPSA) is 83.0 Å². The summed E-state index contributed by atoms with van der Waals surface area (Å²) in [5, 5.41) is 13.9. The summed E-state index contributed by atoms with van der Waals surface area (Å²) in [4.78, 5) is 18.5. The van der Waals surface area contributed by atoms with Gasteiger partial charge >= 0.3 is 0 Å². The number of halogens is 2. The van der Waals surface area contributed by atoms with Crippen molar-refractivity contribution in [3.63, 3.8) is 0 Å². The highest BCUT2D eigenvalue weighted by atomic mass is 32.1. The van der Waals surface area contributed by atoms with Crippen LogP contribution in [0.3, 0.4) is 0 Å². The van der Waals surface area contributed by atoms with Crippen LogP contribution in [0.1, 0.15) is 28.8 Å². The fraction of sp³-hybridized carbons (Fsp3) is 0.300. The van der Waals surface area contributed by atoms with Crippen LogP contribution in [-0.2, 0) is 6.54 Å². The molecule has 1 aromatic carbocycles. The van der Waals surface area contributed by atoms with Gasteiger partial charge in [-0.2, -0.15) is 0 Å². The van der Waals surface area contributed by atoms with Gasteiger partial charge in [0, 0.05) is 30.9 Å². The molecule has 3 aromatic rings. The lowest BCUT2D eigenvalue weighted by Gasteiger charge is -2.33. The Kier molecular flexibility index (Phi) is 6.24. The van der Waals surface area contributed by atoms with E-state index in [4.69, 9.17) is 0 Å². The molecule has 0 spiro atoms. The number of carbonyl (C=O) groups is 1. The Morgan fingerprint density at radius 1 is 1.23 bits per heavy atom. The molecule has 1 atom stereocenters. The van der Waals surface area contributed by atoms with Crippen LogP contribution >= 0.6 is 11.3 Å². The first-order valence-corrected chi connectivity index (χ1v) is 10.4. The van der Waals surface area contributed by atoms with Gasteiger partial charge in [-0.3, -0.25) is 15.0 Å². The molecule has 4 rings (SSSR count). The van der Waals surface area contributed by atoms with Crippen LogP contribution in [0, 0.1) is 11.6 Å². The maximum atomic E-state index is 13.9. The molecule has 1 saturated heterocycles. The maximum Gasteiger partial charge on any atom is 0.259 e. The fourth-order valence-corrected chi connectivity index (χ4v) is 3.88. The first kappa shape index (κ1) is 20.3. The molecule has 2 N–H and O–H groups in total. The van der Waals surface area contributed by atoms with Crippen LogP contribution in [0.5, 0.6) is 0 Å². The summed E-state index contributed by atoms with van der Waals surface area (Å²) in [6.07, 6.45) is 3.33. The van der Waals surface area contributed by atoms with Crippen LogP contribution in [0.25, 0.3) is 0 Å². The number of carbonyl (C=O) groups excluding carboxylic acids is 1. The molecular formula is C20H20F2N6OS. The van der Waals surface area contributed by atoms with E-state index in [1.807, 2.05) is 4.90 Å². The van der Waals surface area contributed by atoms with E-state index in [1.165, 1.54) is 41.2 Å². The lowest BCUT2D eigenvalue weighted by atomic mass is 10.0. The number of likely N-dealkylation sites (tertiary alicyclic amines) is 1. The summed E-state index contributed by atoms with van der Waals surface area (Å²) in [5.41, 5.74) is 2.05. The zero-order valence-electron chi connectivity index (χ0n) is 16.0. The number of nitrogens with zero attached hydrogens (tertiary/aromatic N) is 4. The average Bonchev–Trinajstić information content (AvgIpc) is 3.25. The molecule has 1 unspecified atom stereocenters. The van der Waals surface area contributed by atoms with Gasteiger partial charge in [-0.25, -0.2) is 13.8 Å². The van der Waals surface area contributed by atoms with Crippen LogP contribution < -0.4 is 10.6 Å². The van der Waals surface area contributed by atoms with Crippen LogP contribution in [-0.4, -0.2) is 45.1 Å². The predicted octanol–water partition coefficient (Wildman–Crippen LogP) is 3.54. The van der Waals surface area contributed by atoms with E-state index < -0.39 is 11.6 Å². The minimum absolute atomic E-state index is 0.0991. The number of anilines is 2. The van der Waals surface area contributed by atoms with Crippen LogP contribution in [0.4, 0.5) is 19.7 Å². The second-order valence-corrected chi connectivity index (χ2v) is 7.88. The molecular weight excluding hydrogens is 410 g/mol. The number of piperidine rings is 1. The fourth-order valence-electron chi connectivity index (χ4n) is 3.44. The largest absolute Gasteiger partial charge is 0.366 e. The molecule has 2 aromatic heterocycles. The molecule has 1 fully saturated rings. The van der Waals surface area contributed by atoms with Gasteiger partial charge in [0.15, 0.2) is 0 Å². The SMILES string of the molecule is O=C(Nc1nncs1)c1ccc(NC2CCCN(Cc3c(F)cccc3F)C2)nc1. The molecule has 7 nitrogen and oxygen atoms in total. The van der Waals surface area contributed by atoms with E-state index in [0.29, 0.717) is 23.1 Å². The quantitative estimate of drug-likeness (QED) is 0.623. The summed E-state index contributed by atoms with van der Waals surface area (Å²) >= 11 is 1.24. The lowest BCUT2D eigenvalue weighted by molar-refractivity contribution is 0.102. The van der Waals surface area contributed by atoms with Gasteiger partial charge < -0.3 is 5.32 Å². The van der Waals surface area contributed by atoms with E-state index in [-0.39, 0.29) is 24.1 Å². The van der Waals surface area contributed by atoms with Gasteiger partial charge in [-0.05, 0) is 43.7 Å². The highest BCUT2D eigenvalue weighted by Gasteiger charge is 2.22. The van der Waals surface area contributed by atoms with Crippen molar-refractivity contribution in [2.45, 2.75) is 25.4 Å². The molecule has 1 aliphatic rings. The van der Waals surface area contributed by atoms with E-state index >= 15 is 0 Å². The lowest BCUT2D eigenvalue weighted by Crippen LogP contribution is -2.42. The highest BCUT2D eigenvalue weighted by Crippen LogP contribution is 2.20. The van der Waals surface area contributed by atoms with Crippen molar-refractivity contribution in [2.75, 3.05) is 23.7 Å². The second-order valence-electron chi connectivity index (χ2n) is 7.05. The van der Waals surface area contributed by atoms with Crippen molar-refractivity contribution in [3.8, 4) is 0 Å². The van der Waals surface area contributed by atoms with Crippen molar-refractivity contribution in [3.05, 3.63) is 64.8 Å². The number of hydrogen-bond acceptors (Lipinski definition) is 7. The van der Waals surface area contributed by atoms with Crippen LogP contribution in [0.2, 0.25) is 0 Å². The monoisotopic (exact) mass is 430 g/mol. The standard InChI is InChI=1S/C20H20F2N6OS/c21-16-4-1-5-17(22)15(16)11-28-8-2-3-14(10-28)25-18-7-6-13(9-23-18)19(29)26-20-27-24-12-30-20/h1,4-7,9,12,14H,2-3,8,10-11H2,(H,23,25)(H,26,27,29). The smallest absolute Gasteiger partial charge is 0.259 e. The summed E-state index contributed by atoms with van der Waals surface area (Å²) in [5.74, 6) is -0.698. The Balaban J connectivity index is 1.34. The van der Waals surface area contributed by atoms with Gasteiger partial charge in [-0.1, -0.05) is 17.4 Å². The second kappa shape index (κ2) is 9.23. The summed E-state index contributed by atoms with van der Waals surface area (Å²) in [6, 6.07) is 7.46. The summed E-state index contributed by atoms with van der Waals surface area (Å²) in [6.45, 7) is 1.66. The molecule has 0 radical (unpaired) electrons. The number of hydrogen-bond donors (Lipinski definition) is 2. The van der Waals surface area contributed by atoms with Crippen molar-refractivity contribution < 1.29 is 13.6 Å².